The second-order valence-corrected chi connectivity index (χ2v) is 5.19. The van der Waals surface area contributed by atoms with Gasteiger partial charge in [-0.15, -0.1) is 0 Å². The first-order chi connectivity index (χ1) is 10.9. The predicted molar refractivity (Wildman–Crippen MR) is 83.0 cm³/mol. The van der Waals surface area contributed by atoms with Crippen molar-refractivity contribution in [2.45, 2.75) is 13.0 Å². The lowest BCUT2D eigenvalue weighted by Crippen LogP contribution is -2.16. The van der Waals surface area contributed by atoms with Crippen molar-refractivity contribution in [3.63, 3.8) is 0 Å². The molecule has 0 radical (unpaired) electrons. The monoisotopic (exact) mass is 339 g/mol. The van der Waals surface area contributed by atoms with E-state index in [1.54, 1.807) is 6.92 Å². The number of aliphatic hydroxyl groups is 1. The third-order valence-electron chi connectivity index (χ3n) is 3.03. The van der Waals surface area contributed by atoms with Crippen LogP contribution in [0.4, 0.5) is 10.3 Å². The number of hydrogen-bond acceptors (Lipinski definition) is 6. The molecule has 8 heteroatoms. The van der Waals surface area contributed by atoms with Gasteiger partial charge in [-0.05, 0) is 30.7 Å². The molecule has 0 amide bonds. The van der Waals surface area contributed by atoms with Crippen LogP contribution < -0.4 is 5.32 Å². The number of esters is 1. The molecule has 2 aromatic rings. The number of nitrogens with zero attached hydrogens (tertiary/aromatic N) is 2. The van der Waals surface area contributed by atoms with Gasteiger partial charge in [0.25, 0.3) is 0 Å². The third kappa shape index (κ3) is 4.37. The number of carbonyl (C=O) groups excluding carboxylic acids is 1. The molecule has 0 saturated heterocycles. The molecule has 0 bridgehead atoms. The Morgan fingerprint density at radius 3 is 2.83 bits per heavy atom. The highest BCUT2D eigenvalue weighted by molar-refractivity contribution is 6.30. The fourth-order valence-electron chi connectivity index (χ4n) is 1.88. The molecule has 0 aliphatic rings. The number of methoxy groups -OCH3 is 1. The topological polar surface area (TPSA) is 84.3 Å². The zero-order valence-electron chi connectivity index (χ0n) is 12.5. The van der Waals surface area contributed by atoms with E-state index in [9.17, 15) is 14.3 Å². The number of aromatic nitrogens is 2. The highest BCUT2D eigenvalue weighted by Gasteiger charge is 2.13. The number of carbonyl (C=O) groups is 1. The molecule has 0 unspecified atom stereocenters. The molecule has 0 aliphatic carbocycles. The lowest BCUT2D eigenvalue weighted by molar-refractivity contribution is 0.0594. The number of ether oxygens (including phenoxy) is 1. The molecule has 0 spiro atoms. The first kappa shape index (κ1) is 17.1. The minimum Gasteiger partial charge on any atom is -0.464 e. The lowest BCUT2D eigenvalue weighted by atomic mass is 10.1. The Bertz CT molecular complexity index is 727. The maximum atomic E-state index is 13.4. The summed E-state index contributed by atoms with van der Waals surface area (Å²) in [5.41, 5.74) is 1.03. The molecule has 1 atom stereocenters. The summed E-state index contributed by atoms with van der Waals surface area (Å²) in [5.74, 6) is -1.03. The van der Waals surface area contributed by atoms with Crippen LogP contribution in [0.5, 0.6) is 0 Å². The van der Waals surface area contributed by atoms with Gasteiger partial charge in [-0.3, -0.25) is 0 Å². The van der Waals surface area contributed by atoms with Crippen molar-refractivity contribution in [1.29, 1.82) is 0 Å². The normalized spacial score (nSPS) is 11.9. The van der Waals surface area contributed by atoms with Crippen molar-refractivity contribution >= 4 is 23.5 Å². The van der Waals surface area contributed by atoms with Gasteiger partial charge in [-0.25, -0.2) is 19.2 Å². The smallest absolute Gasteiger partial charge is 0.356 e. The van der Waals surface area contributed by atoms with E-state index < -0.39 is 17.9 Å². The molecular weight excluding hydrogens is 325 g/mol. The van der Waals surface area contributed by atoms with E-state index in [2.05, 4.69) is 20.0 Å². The van der Waals surface area contributed by atoms with Crippen molar-refractivity contribution in [1.82, 2.24) is 9.97 Å². The van der Waals surface area contributed by atoms with Crippen LogP contribution in [0, 0.1) is 12.7 Å². The van der Waals surface area contributed by atoms with Gasteiger partial charge in [-0.2, -0.15) is 0 Å². The number of rotatable bonds is 5. The zero-order valence-corrected chi connectivity index (χ0v) is 13.3. The Morgan fingerprint density at radius 1 is 1.43 bits per heavy atom. The Labute approximate surface area is 137 Å². The fourth-order valence-corrected chi connectivity index (χ4v) is 2.00. The minimum absolute atomic E-state index is 0.0151. The van der Waals surface area contributed by atoms with E-state index in [-0.39, 0.29) is 23.2 Å². The van der Waals surface area contributed by atoms with E-state index in [0.717, 1.165) is 6.07 Å². The van der Waals surface area contributed by atoms with E-state index in [1.807, 2.05) is 0 Å². The average molecular weight is 340 g/mol. The van der Waals surface area contributed by atoms with Gasteiger partial charge in [0.15, 0.2) is 5.69 Å². The summed E-state index contributed by atoms with van der Waals surface area (Å²) in [4.78, 5) is 19.6. The van der Waals surface area contributed by atoms with Crippen LogP contribution in [0.25, 0.3) is 0 Å². The van der Waals surface area contributed by atoms with Gasteiger partial charge in [-0.1, -0.05) is 17.7 Å². The molecule has 2 N–H and O–H groups in total. The number of benzene rings is 1. The Morgan fingerprint density at radius 2 is 2.17 bits per heavy atom. The van der Waals surface area contributed by atoms with Gasteiger partial charge in [0, 0.05) is 12.2 Å². The van der Waals surface area contributed by atoms with Crippen LogP contribution in [-0.2, 0) is 4.74 Å². The number of halogens is 2. The van der Waals surface area contributed by atoms with Crippen LogP contribution in [0.1, 0.15) is 27.8 Å². The minimum atomic E-state index is -0.993. The fraction of sp³-hybridized carbons (Fsp3) is 0.267. The van der Waals surface area contributed by atoms with E-state index >= 15 is 0 Å². The SMILES string of the molecule is COC(=O)c1cc(C)nc(NC[C@H](O)c2ccc(Cl)c(F)c2)n1. The van der Waals surface area contributed by atoms with Crippen molar-refractivity contribution < 1.29 is 19.0 Å². The summed E-state index contributed by atoms with van der Waals surface area (Å²) in [7, 11) is 1.26. The largest absolute Gasteiger partial charge is 0.464 e. The van der Waals surface area contributed by atoms with Crippen LogP contribution >= 0.6 is 11.6 Å². The number of nitrogens with one attached hydrogen (secondary N) is 1. The van der Waals surface area contributed by atoms with Gasteiger partial charge in [0.1, 0.15) is 5.82 Å². The van der Waals surface area contributed by atoms with Crippen LogP contribution in [0.2, 0.25) is 5.02 Å². The molecule has 2 rings (SSSR count). The summed E-state index contributed by atoms with van der Waals surface area (Å²) in [5, 5.41) is 12.9. The maximum absolute atomic E-state index is 13.4. The molecule has 0 aliphatic heterocycles. The summed E-state index contributed by atoms with van der Waals surface area (Å²) < 4.78 is 18.0. The van der Waals surface area contributed by atoms with Crippen molar-refractivity contribution in [3.8, 4) is 0 Å². The molecular formula is C15H15ClFN3O3. The van der Waals surface area contributed by atoms with E-state index in [4.69, 9.17) is 11.6 Å². The van der Waals surface area contributed by atoms with Crippen molar-refractivity contribution in [2.75, 3.05) is 19.0 Å². The standard InChI is InChI=1S/C15H15ClFN3O3/c1-8-5-12(14(22)23-2)20-15(19-8)18-7-13(21)9-3-4-10(16)11(17)6-9/h3-6,13,21H,7H2,1-2H3,(H,18,19,20)/t13-/m0/s1. The molecule has 0 fully saturated rings. The molecule has 1 aromatic heterocycles. The van der Waals surface area contributed by atoms with E-state index in [0.29, 0.717) is 11.3 Å². The quantitative estimate of drug-likeness (QED) is 0.814. The van der Waals surface area contributed by atoms with Gasteiger partial charge < -0.3 is 15.2 Å². The average Bonchev–Trinajstić information content (AvgIpc) is 2.53. The van der Waals surface area contributed by atoms with Crippen molar-refractivity contribution in [2.24, 2.45) is 0 Å². The zero-order chi connectivity index (χ0) is 17.0. The maximum Gasteiger partial charge on any atom is 0.356 e. The molecule has 1 aromatic carbocycles. The number of aliphatic hydroxyl groups excluding tert-OH is 1. The van der Waals surface area contributed by atoms with Crippen LogP contribution in [-0.4, -0.2) is 34.7 Å². The third-order valence-corrected chi connectivity index (χ3v) is 3.34. The van der Waals surface area contributed by atoms with Gasteiger partial charge in [0.2, 0.25) is 5.95 Å². The Balaban J connectivity index is 2.09. The second kappa shape index (κ2) is 7.34. The second-order valence-electron chi connectivity index (χ2n) is 4.78. The molecule has 23 heavy (non-hydrogen) atoms. The first-order valence-electron chi connectivity index (χ1n) is 6.71. The molecule has 1 heterocycles. The summed E-state index contributed by atoms with van der Waals surface area (Å²) in [6.07, 6.45) is -0.993. The van der Waals surface area contributed by atoms with Crippen LogP contribution in [0.15, 0.2) is 24.3 Å². The Kier molecular flexibility index (Phi) is 5.46. The Hall–Kier alpha value is -2.25. The molecule has 122 valence electrons. The van der Waals surface area contributed by atoms with Crippen molar-refractivity contribution in [3.05, 3.63) is 52.1 Å². The number of aryl methyl sites for hydroxylation is 1. The highest BCUT2D eigenvalue weighted by atomic mass is 35.5. The van der Waals surface area contributed by atoms with Gasteiger partial charge >= 0.3 is 5.97 Å². The first-order valence-corrected chi connectivity index (χ1v) is 7.09. The predicted octanol–water partition coefficient (Wildman–Crippen LogP) is 2.51. The highest BCUT2D eigenvalue weighted by Crippen LogP contribution is 2.20. The summed E-state index contributed by atoms with van der Waals surface area (Å²) in [6, 6.07) is 5.54. The number of hydrogen-bond donors (Lipinski definition) is 2. The number of anilines is 1. The summed E-state index contributed by atoms with van der Waals surface area (Å²) >= 11 is 5.60. The summed E-state index contributed by atoms with van der Waals surface area (Å²) in [6.45, 7) is 1.73. The lowest BCUT2D eigenvalue weighted by Gasteiger charge is -2.13. The van der Waals surface area contributed by atoms with E-state index in [1.165, 1.54) is 25.3 Å². The molecule has 0 saturated carbocycles. The van der Waals surface area contributed by atoms with Crippen LogP contribution in [0.3, 0.4) is 0 Å². The molecule has 6 nitrogen and oxygen atoms in total. The van der Waals surface area contributed by atoms with Gasteiger partial charge in [0.05, 0.1) is 18.2 Å².